The maximum atomic E-state index is 11.8. The van der Waals surface area contributed by atoms with Crippen LogP contribution in [-0.4, -0.2) is 26.7 Å². The third-order valence-electron chi connectivity index (χ3n) is 5.92. The van der Waals surface area contributed by atoms with E-state index in [0.717, 1.165) is 28.4 Å². The minimum atomic E-state index is -0.0631. The Balaban J connectivity index is 1.78. The molecule has 0 radical (unpaired) electrons. The second-order valence-corrected chi connectivity index (χ2v) is 7.94. The molecule has 1 amide bonds. The van der Waals surface area contributed by atoms with Gasteiger partial charge < -0.3 is 25.4 Å². The molecule has 6 nitrogen and oxygen atoms in total. The van der Waals surface area contributed by atoms with Crippen molar-refractivity contribution in [1.82, 2.24) is 5.32 Å². The number of hydrogen-bond donors (Lipinski definition) is 3. The Hall–Kier alpha value is -3.67. The first-order valence-electron chi connectivity index (χ1n) is 10.7. The fourth-order valence-electron chi connectivity index (χ4n) is 4.29. The third-order valence-corrected chi connectivity index (χ3v) is 5.92. The van der Waals surface area contributed by atoms with E-state index in [0.29, 0.717) is 6.54 Å². The van der Waals surface area contributed by atoms with Gasteiger partial charge in [-0.2, -0.15) is 0 Å². The minimum absolute atomic E-state index is 0.0136. The molecule has 0 aromatic heterocycles. The number of ether oxygens (including phenoxy) is 2. The standard InChI is InChI=1S/C26H29N3O3/c1-17(30)27-16-23-25(18-7-5-4-6-8-18)29-24-14-13-21(32-3)15-22(24)26(23)28-19-9-11-20(31-2)12-10-19/h4-15,23,25-26,28-29H,16H2,1-3H3,(H,27,30)/t23-,25+,26-/m0/s1. The second kappa shape index (κ2) is 9.64. The lowest BCUT2D eigenvalue weighted by atomic mass is 9.79. The van der Waals surface area contributed by atoms with Crippen LogP contribution in [0.4, 0.5) is 11.4 Å². The zero-order chi connectivity index (χ0) is 22.5. The molecule has 3 aromatic rings. The van der Waals surface area contributed by atoms with Crippen molar-refractivity contribution in [3.8, 4) is 11.5 Å². The highest BCUT2D eigenvalue weighted by molar-refractivity contribution is 5.73. The maximum Gasteiger partial charge on any atom is 0.216 e. The molecule has 3 aromatic carbocycles. The number of carbonyl (C=O) groups excluding carboxylic acids is 1. The number of anilines is 2. The summed E-state index contributed by atoms with van der Waals surface area (Å²) in [7, 11) is 3.33. The Morgan fingerprint density at radius 2 is 1.62 bits per heavy atom. The fraction of sp³-hybridized carbons (Fsp3) is 0.269. The van der Waals surface area contributed by atoms with Gasteiger partial charge in [0.05, 0.1) is 26.3 Å². The van der Waals surface area contributed by atoms with Crippen LogP contribution in [-0.2, 0) is 4.79 Å². The smallest absolute Gasteiger partial charge is 0.216 e. The Kier molecular flexibility index (Phi) is 6.50. The van der Waals surface area contributed by atoms with Gasteiger partial charge in [0.15, 0.2) is 0 Å². The molecule has 0 aliphatic carbocycles. The van der Waals surface area contributed by atoms with E-state index < -0.39 is 0 Å². The van der Waals surface area contributed by atoms with E-state index in [2.05, 4.69) is 40.2 Å². The zero-order valence-corrected chi connectivity index (χ0v) is 18.6. The van der Waals surface area contributed by atoms with Gasteiger partial charge in [-0.25, -0.2) is 0 Å². The molecule has 1 aliphatic rings. The number of methoxy groups -OCH3 is 2. The van der Waals surface area contributed by atoms with Crippen LogP contribution in [0.3, 0.4) is 0 Å². The normalized spacial score (nSPS) is 19.3. The van der Waals surface area contributed by atoms with Crippen molar-refractivity contribution in [1.29, 1.82) is 0 Å². The van der Waals surface area contributed by atoms with E-state index in [4.69, 9.17) is 9.47 Å². The minimum Gasteiger partial charge on any atom is -0.497 e. The van der Waals surface area contributed by atoms with Gasteiger partial charge in [-0.15, -0.1) is 0 Å². The van der Waals surface area contributed by atoms with Gasteiger partial charge in [0.2, 0.25) is 5.91 Å². The van der Waals surface area contributed by atoms with Crippen molar-refractivity contribution in [2.24, 2.45) is 5.92 Å². The highest BCUT2D eigenvalue weighted by Crippen LogP contribution is 2.45. The molecule has 6 heteroatoms. The number of fused-ring (bicyclic) bond motifs is 1. The van der Waals surface area contributed by atoms with Crippen LogP contribution in [0.15, 0.2) is 72.8 Å². The van der Waals surface area contributed by atoms with Crippen molar-refractivity contribution in [2.45, 2.75) is 19.0 Å². The number of benzene rings is 3. The van der Waals surface area contributed by atoms with E-state index in [1.54, 1.807) is 21.1 Å². The van der Waals surface area contributed by atoms with Crippen molar-refractivity contribution in [3.05, 3.63) is 83.9 Å². The molecule has 0 bridgehead atoms. The summed E-state index contributed by atoms with van der Waals surface area (Å²) in [5.41, 5.74) is 4.30. The number of rotatable bonds is 7. The summed E-state index contributed by atoms with van der Waals surface area (Å²) < 4.78 is 10.8. The average Bonchev–Trinajstić information content (AvgIpc) is 2.83. The Morgan fingerprint density at radius 3 is 2.28 bits per heavy atom. The summed E-state index contributed by atoms with van der Waals surface area (Å²) in [6, 6.07) is 24.3. The number of amides is 1. The molecule has 3 N–H and O–H groups in total. The molecule has 4 rings (SSSR count). The van der Waals surface area contributed by atoms with Gasteiger partial charge in [0, 0.05) is 36.3 Å². The van der Waals surface area contributed by atoms with Crippen LogP contribution in [0.1, 0.15) is 30.1 Å². The molecule has 0 fully saturated rings. The molecular formula is C26H29N3O3. The van der Waals surface area contributed by atoms with Crippen LogP contribution in [0.2, 0.25) is 0 Å². The van der Waals surface area contributed by atoms with Gasteiger partial charge >= 0.3 is 0 Å². The average molecular weight is 432 g/mol. The van der Waals surface area contributed by atoms with Crippen molar-refractivity contribution >= 4 is 17.3 Å². The van der Waals surface area contributed by atoms with Gasteiger partial charge in [0.25, 0.3) is 0 Å². The molecule has 1 heterocycles. The summed E-state index contributed by atoms with van der Waals surface area (Å²) in [6.07, 6.45) is 0. The first-order chi connectivity index (χ1) is 15.6. The largest absolute Gasteiger partial charge is 0.497 e. The quantitative estimate of drug-likeness (QED) is 0.502. The molecule has 0 spiro atoms. The van der Waals surface area contributed by atoms with E-state index in [1.165, 1.54) is 5.56 Å². The van der Waals surface area contributed by atoms with Crippen LogP contribution >= 0.6 is 0 Å². The zero-order valence-electron chi connectivity index (χ0n) is 18.6. The first kappa shape index (κ1) is 21.6. The molecule has 3 atom stereocenters. The lowest BCUT2D eigenvalue weighted by molar-refractivity contribution is -0.119. The molecule has 166 valence electrons. The fourth-order valence-corrected chi connectivity index (χ4v) is 4.29. The predicted molar refractivity (Wildman–Crippen MR) is 127 cm³/mol. The Bertz CT molecular complexity index is 1050. The predicted octanol–water partition coefficient (Wildman–Crippen LogP) is 4.78. The van der Waals surface area contributed by atoms with Crippen LogP contribution in [0.5, 0.6) is 11.5 Å². The van der Waals surface area contributed by atoms with E-state index >= 15 is 0 Å². The molecule has 32 heavy (non-hydrogen) atoms. The summed E-state index contributed by atoms with van der Waals surface area (Å²) in [6.45, 7) is 2.07. The Morgan fingerprint density at radius 1 is 0.938 bits per heavy atom. The summed E-state index contributed by atoms with van der Waals surface area (Å²) in [4.78, 5) is 11.8. The molecular weight excluding hydrogens is 402 g/mol. The van der Waals surface area contributed by atoms with Crippen LogP contribution in [0, 0.1) is 5.92 Å². The van der Waals surface area contributed by atoms with Crippen LogP contribution in [0.25, 0.3) is 0 Å². The maximum absolute atomic E-state index is 11.8. The van der Waals surface area contributed by atoms with E-state index in [-0.39, 0.29) is 23.9 Å². The van der Waals surface area contributed by atoms with Gasteiger partial charge in [-0.05, 0) is 48.0 Å². The SMILES string of the molecule is COc1ccc(N[C@H]2c3cc(OC)ccc3N[C@H](c3ccccc3)[C@@H]2CNC(C)=O)cc1. The lowest BCUT2D eigenvalue weighted by Gasteiger charge is -2.42. The van der Waals surface area contributed by atoms with Gasteiger partial charge in [0.1, 0.15) is 11.5 Å². The topological polar surface area (TPSA) is 71.6 Å². The van der Waals surface area contributed by atoms with Gasteiger partial charge in [-0.1, -0.05) is 30.3 Å². The molecule has 0 saturated carbocycles. The lowest BCUT2D eigenvalue weighted by Crippen LogP contribution is -2.42. The third kappa shape index (κ3) is 4.64. The summed E-state index contributed by atoms with van der Waals surface area (Å²) >= 11 is 0. The summed E-state index contributed by atoms with van der Waals surface area (Å²) in [5, 5.41) is 10.5. The molecule has 0 saturated heterocycles. The van der Waals surface area contributed by atoms with Crippen molar-refractivity contribution < 1.29 is 14.3 Å². The highest BCUT2D eigenvalue weighted by atomic mass is 16.5. The van der Waals surface area contributed by atoms with Crippen molar-refractivity contribution in [3.63, 3.8) is 0 Å². The molecule has 0 unspecified atom stereocenters. The van der Waals surface area contributed by atoms with Gasteiger partial charge in [-0.3, -0.25) is 4.79 Å². The van der Waals surface area contributed by atoms with E-state index in [1.807, 2.05) is 48.5 Å². The first-order valence-corrected chi connectivity index (χ1v) is 10.7. The van der Waals surface area contributed by atoms with Crippen molar-refractivity contribution in [2.75, 3.05) is 31.4 Å². The highest BCUT2D eigenvalue weighted by Gasteiger charge is 2.38. The summed E-state index contributed by atoms with van der Waals surface area (Å²) in [5.74, 6) is 1.60. The second-order valence-electron chi connectivity index (χ2n) is 7.94. The number of carbonyl (C=O) groups is 1. The number of hydrogen-bond acceptors (Lipinski definition) is 5. The Labute approximate surface area is 188 Å². The molecule has 1 aliphatic heterocycles. The monoisotopic (exact) mass is 431 g/mol. The van der Waals surface area contributed by atoms with E-state index in [9.17, 15) is 4.79 Å². The number of nitrogens with one attached hydrogen (secondary N) is 3. The van der Waals surface area contributed by atoms with Crippen LogP contribution < -0.4 is 25.4 Å².